The van der Waals surface area contributed by atoms with Crippen LogP contribution in [-0.4, -0.2) is 41.3 Å². The molecule has 1 saturated heterocycles. The molecule has 0 aromatic carbocycles. The van der Waals surface area contributed by atoms with Gasteiger partial charge >= 0.3 is 0 Å². The molecule has 3 atom stereocenters. The molecule has 3 heteroatoms. The van der Waals surface area contributed by atoms with Crippen molar-refractivity contribution in [2.75, 3.05) is 13.1 Å². The van der Waals surface area contributed by atoms with Crippen molar-refractivity contribution in [3.05, 3.63) is 0 Å². The molecular formula is C10H22N2O. The summed E-state index contributed by atoms with van der Waals surface area (Å²) in [6.07, 6.45) is 3.46. The van der Waals surface area contributed by atoms with Crippen molar-refractivity contribution in [3.63, 3.8) is 0 Å². The van der Waals surface area contributed by atoms with E-state index in [1.807, 2.05) is 0 Å². The number of aliphatic hydroxyl groups excluding tert-OH is 1. The summed E-state index contributed by atoms with van der Waals surface area (Å²) in [5.74, 6) is 0. The van der Waals surface area contributed by atoms with Crippen molar-refractivity contribution in [1.29, 1.82) is 0 Å². The van der Waals surface area contributed by atoms with Crippen molar-refractivity contribution in [2.45, 2.75) is 51.3 Å². The zero-order valence-electron chi connectivity index (χ0n) is 8.74. The van der Waals surface area contributed by atoms with Crippen LogP contribution in [0, 0.1) is 0 Å². The molecule has 1 fully saturated rings. The van der Waals surface area contributed by atoms with E-state index in [0.717, 1.165) is 6.54 Å². The van der Waals surface area contributed by atoms with Crippen LogP contribution in [0.5, 0.6) is 0 Å². The topological polar surface area (TPSA) is 49.5 Å². The molecule has 0 amide bonds. The minimum atomic E-state index is -0.358. The van der Waals surface area contributed by atoms with Crippen LogP contribution < -0.4 is 5.73 Å². The number of β-amino-alcohol motifs (C(OH)–C–C–N with tert-alkyl or cyclic N) is 1. The number of aliphatic hydroxyl groups is 1. The number of likely N-dealkylation sites (tertiary alicyclic amines) is 1. The zero-order chi connectivity index (χ0) is 9.84. The van der Waals surface area contributed by atoms with Gasteiger partial charge in [-0.05, 0) is 26.7 Å². The van der Waals surface area contributed by atoms with Crippen LogP contribution in [-0.2, 0) is 0 Å². The van der Waals surface area contributed by atoms with Gasteiger partial charge in [0.25, 0.3) is 0 Å². The molecule has 0 aromatic rings. The summed E-state index contributed by atoms with van der Waals surface area (Å²) in [6.45, 7) is 5.58. The largest absolute Gasteiger partial charge is 0.390 e. The highest BCUT2D eigenvalue weighted by atomic mass is 16.3. The Bertz CT molecular complexity index is 142. The summed E-state index contributed by atoms with van der Waals surface area (Å²) < 4.78 is 0. The molecule has 78 valence electrons. The van der Waals surface area contributed by atoms with Crippen LogP contribution in [0.4, 0.5) is 0 Å². The van der Waals surface area contributed by atoms with Crippen molar-refractivity contribution >= 4 is 0 Å². The molecule has 1 aliphatic heterocycles. The van der Waals surface area contributed by atoms with Crippen molar-refractivity contribution in [2.24, 2.45) is 5.73 Å². The highest BCUT2D eigenvalue weighted by Gasteiger charge is 2.25. The monoisotopic (exact) mass is 186 g/mol. The third kappa shape index (κ3) is 2.93. The van der Waals surface area contributed by atoms with E-state index in [4.69, 9.17) is 5.73 Å². The molecule has 0 radical (unpaired) electrons. The third-order valence-electron chi connectivity index (χ3n) is 3.07. The molecule has 1 unspecified atom stereocenters. The van der Waals surface area contributed by atoms with Gasteiger partial charge in [-0.3, -0.25) is 4.90 Å². The molecule has 0 spiro atoms. The Balaban J connectivity index is 2.43. The quantitative estimate of drug-likeness (QED) is 0.677. The van der Waals surface area contributed by atoms with Crippen LogP contribution in [0.25, 0.3) is 0 Å². The number of rotatable bonds is 3. The van der Waals surface area contributed by atoms with E-state index >= 15 is 0 Å². The summed E-state index contributed by atoms with van der Waals surface area (Å²) in [5.41, 5.74) is 5.40. The van der Waals surface area contributed by atoms with Gasteiger partial charge in [0.2, 0.25) is 0 Å². The minimum absolute atomic E-state index is 0.358. The van der Waals surface area contributed by atoms with Crippen molar-refractivity contribution in [3.8, 4) is 0 Å². The van der Waals surface area contributed by atoms with E-state index in [9.17, 15) is 5.11 Å². The Morgan fingerprint density at radius 3 is 2.38 bits per heavy atom. The number of nitrogens with two attached hydrogens (primary N) is 1. The first kappa shape index (κ1) is 11.0. The van der Waals surface area contributed by atoms with E-state index in [-0.39, 0.29) is 6.10 Å². The SMILES string of the molecule is CC1CCC[C@H](C)N1C[C@@H](O)CN. The second kappa shape index (κ2) is 4.94. The number of hydrogen-bond donors (Lipinski definition) is 2. The van der Waals surface area contributed by atoms with Gasteiger partial charge in [-0.25, -0.2) is 0 Å². The highest BCUT2D eigenvalue weighted by Crippen LogP contribution is 2.22. The van der Waals surface area contributed by atoms with Gasteiger partial charge in [0, 0.05) is 25.2 Å². The smallest absolute Gasteiger partial charge is 0.0789 e. The van der Waals surface area contributed by atoms with Gasteiger partial charge in [0.15, 0.2) is 0 Å². The predicted octanol–water partition coefficient (Wildman–Crippen LogP) is 0.569. The van der Waals surface area contributed by atoms with Gasteiger partial charge in [-0.1, -0.05) is 6.42 Å². The molecule has 0 saturated carbocycles. The second-order valence-electron chi connectivity index (χ2n) is 4.22. The van der Waals surface area contributed by atoms with Crippen LogP contribution in [0.2, 0.25) is 0 Å². The predicted molar refractivity (Wildman–Crippen MR) is 54.5 cm³/mol. The maximum atomic E-state index is 9.48. The lowest BCUT2D eigenvalue weighted by atomic mass is 9.97. The summed E-state index contributed by atoms with van der Waals surface area (Å²) in [5, 5.41) is 9.48. The first-order chi connectivity index (χ1) is 6.15. The van der Waals surface area contributed by atoms with Crippen LogP contribution in [0.3, 0.4) is 0 Å². The van der Waals surface area contributed by atoms with Gasteiger partial charge in [0.05, 0.1) is 6.10 Å². The Kier molecular flexibility index (Phi) is 4.16. The average Bonchev–Trinajstić information content (AvgIpc) is 2.11. The van der Waals surface area contributed by atoms with E-state index < -0.39 is 0 Å². The van der Waals surface area contributed by atoms with Gasteiger partial charge in [-0.2, -0.15) is 0 Å². The number of hydrogen-bond acceptors (Lipinski definition) is 3. The zero-order valence-corrected chi connectivity index (χ0v) is 8.74. The lowest BCUT2D eigenvalue weighted by molar-refractivity contribution is 0.0452. The standard InChI is InChI=1S/C10H22N2O/c1-8-4-3-5-9(2)12(8)7-10(13)6-11/h8-10,13H,3-7,11H2,1-2H3/t8-,9?,10-/m0/s1. The fraction of sp³-hybridized carbons (Fsp3) is 1.00. The molecule has 1 heterocycles. The molecule has 0 aromatic heterocycles. The Labute approximate surface area is 80.9 Å². The molecular weight excluding hydrogens is 164 g/mol. The first-order valence-corrected chi connectivity index (χ1v) is 5.29. The molecule has 3 nitrogen and oxygen atoms in total. The maximum Gasteiger partial charge on any atom is 0.0789 e. The molecule has 0 bridgehead atoms. The Hall–Kier alpha value is -0.120. The van der Waals surface area contributed by atoms with Crippen LogP contribution in [0.15, 0.2) is 0 Å². The fourth-order valence-corrected chi connectivity index (χ4v) is 2.15. The van der Waals surface area contributed by atoms with E-state index in [1.54, 1.807) is 0 Å². The van der Waals surface area contributed by atoms with E-state index in [1.165, 1.54) is 19.3 Å². The summed E-state index contributed by atoms with van der Waals surface area (Å²) in [7, 11) is 0. The molecule has 13 heavy (non-hydrogen) atoms. The lowest BCUT2D eigenvalue weighted by Gasteiger charge is -2.39. The normalized spacial score (nSPS) is 33.2. The van der Waals surface area contributed by atoms with Crippen molar-refractivity contribution < 1.29 is 5.11 Å². The maximum absolute atomic E-state index is 9.48. The fourth-order valence-electron chi connectivity index (χ4n) is 2.15. The van der Waals surface area contributed by atoms with E-state index in [2.05, 4.69) is 18.7 Å². The lowest BCUT2D eigenvalue weighted by Crippen LogP contribution is -2.48. The highest BCUT2D eigenvalue weighted by molar-refractivity contribution is 4.81. The van der Waals surface area contributed by atoms with Gasteiger partial charge in [-0.15, -0.1) is 0 Å². The van der Waals surface area contributed by atoms with Gasteiger partial charge < -0.3 is 10.8 Å². The summed E-state index contributed by atoms with van der Waals surface area (Å²) >= 11 is 0. The summed E-state index contributed by atoms with van der Waals surface area (Å²) in [6, 6.07) is 1.20. The average molecular weight is 186 g/mol. The van der Waals surface area contributed by atoms with Gasteiger partial charge in [0.1, 0.15) is 0 Å². The molecule has 0 aliphatic carbocycles. The summed E-state index contributed by atoms with van der Waals surface area (Å²) in [4.78, 5) is 2.38. The second-order valence-corrected chi connectivity index (χ2v) is 4.22. The van der Waals surface area contributed by atoms with E-state index in [0.29, 0.717) is 18.6 Å². The van der Waals surface area contributed by atoms with Crippen molar-refractivity contribution in [1.82, 2.24) is 4.90 Å². The minimum Gasteiger partial charge on any atom is -0.390 e. The molecule has 1 rings (SSSR count). The molecule has 3 N–H and O–H groups in total. The number of piperidine rings is 1. The Morgan fingerprint density at radius 1 is 1.38 bits per heavy atom. The first-order valence-electron chi connectivity index (χ1n) is 5.29. The molecule has 1 aliphatic rings. The van der Waals surface area contributed by atoms with Crippen LogP contribution >= 0.6 is 0 Å². The third-order valence-corrected chi connectivity index (χ3v) is 3.07. The Morgan fingerprint density at radius 2 is 1.92 bits per heavy atom. The number of nitrogens with zero attached hydrogens (tertiary/aromatic N) is 1. The van der Waals surface area contributed by atoms with Crippen LogP contribution in [0.1, 0.15) is 33.1 Å².